The summed E-state index contributed by atoms with van der Waals surface area (Å²) in [5.74, 6) is -1.28. The minimum atomic E-state index is -0.851. The van der Waals surface area contributed by atoms with E-state index in [4.69, 9.17) is 15.2 Å². The molecule has 90 valence electrons. The van der Waals surface area contributed by atoms with Crippen LogP contribution in [0.2, 0.25) is 0 Å². The van der Waals surface area contributed by atoms with Gasteiger partial charge in [0.15, 0.2) is 0 Å². The zero-order valence-corrected chi connectivity index (χ0v) is 10.1. The van der Waals surface area contributed by atoms with Gasteiger partial charge in [-0.3, -0.25) is 4.79 Å². The molecule has 1 aliphatic rings. The molecule has 1 aromatic carbocycles. The number of primary amides is 1. The first-order valence-electron chi connectivity index (χ1n) is 5.28. The molecule has 0 atom stereocenters. The van der Waals surface area contributed by atoms with Crippen molar-refractivity contribution in [2.75, 3.05) is 14.2 Å². The highest BCUT2D eigenvalue weighted by atomic mass is 16.7. The Balaban J connectivity index is 2.60. The molecule has 0 unspecified atom stereocenters. The number of hydrogen-bond acceptors (Lipinski definition) is 3. The molecule has 2 rings (SSSR count). The van der Waals surface area contributed by atoms with Gasteiger partial charge < -0.3 is 15.2 Å². The second-order valence-corrected chi connectivity index (χ2v) is 4.03. The molecule has 0 spiro atoms. The number of benzene rings is 1. The molecule has 4 heteroatoms. The quantitative estimate of drug-likeness (QED) is 0.806. The first kappa shape index (κ1) is 11.8. The van der Waals surface area contributed by atoms with Gasteiger partial charge in [-0.25, -0.2) is 0 Å². The molecule has 0 radical (unpaired) electrons. The van der Waals surface area contributed by atoms with Crippen LogP contribution in [0.3, 0.4) is 0 Å². The van der Waals surface area contributed by atoms with Crippen LogP contribution < -0.4 is 5.73 Å². The van der Waals surface area contributed by atoms with Crippen LogP contribution >= 0.6 is 0 Å². The normalized spacial score (nSPS) is 15.9. The summed E-state index contributed by atoms with van der Waals surface area (Å²) in [6.07, 6.45) is 3.69. The Morgan fingerprint density at radius 1 is 1.29 bits per heavy atom. The van der Waals surface area contributed by atoms with Crippen molar-refractivity contribution in [1.29, 1.82) is 0 Å². The van der Waals surface area contributed by atoms with Crippen LogP contribution in [-0.4, -0.2) is 20.1 Å². The molecule has 0 saturated carbocycles. The van der Waals surface area contributed by atoms with E-state index in [-0.39, 0.29) is 0 Å². The van der Waals surface area contributed by atoms with E-state index in [0.29, 0.717) is 5.56 Å². The van der Waals surface area contributed by atoms with E-state index in [9.17, 15) is 4.79 Å². The average Bonchev–Trinajstić information content (AvgIpc) is 2.66. The number of hydrogen-bond donors (Lipinski definition) is 1. The molecule has 2 N–H and O–H groups in total. The van der Waals surface area contributed by atoms with Crippen molar-refractivity contribution in [3.63, 3.8) is 0 Å². The number of amides is 1. The lowest BCUT2D eigenvalue weighted by Gasteiger charge is -2.26. The maximum absolute atomic E-state index is 11.3. The van der Waals surface area contributed by atoms with Crippen molar-refractivity contribution >= 4 is 12.0 Å². The predicted octanol–water partition coefficient (Wildman–Crippen LogP) is 1.57. The van der Waals surface area contributed by atoms with Crippen LogP contribution in [0.15, 0.2) is 18.2 Å². The van der Waals surface area contributed by atoms with Crippen LogP contribution in [0.5, 0.6) is 0 Å². The smallest absolute Gasteiger partial charge is 0.248 e. The number of fused-ring (bicyclic) bond motifs is 1. The lowest BCUT2D eigenvalue weighted by Crippen LogP contribution is -2.27. The molecular formula is C13H15NO3. The number of ether oxygens (including phenoxy) is 2. The monoisotopic (exact) mass is 233 g/mol. The average molecular weight is 233 g/mol. The Hall–Kier alpha value is -1.65. The second kappa shape index (κ2) is 3.98. The van der Waals surface area contributed by atoms with Gasteiger partial charge in [0.2, 0.25) is 11.7 Å². The Labute approximate surface area is 100 Å². The number of carbonyl (C=O) groups is 1. The highest BCUT2D eigenvalue weighted by molar-refractivity contribution is 5.95. The van der Waals surface area contributed by atoms with Crippen molar-refractivity contribution in [2.45, 2.75) is 12.7 Å². The van der Waals surface area contributed by atoms with Gasteiger partial charge in [-0.15, -0.1) is 0 Å². The zero-order chi connectivity index (χ0) is 12.6. The van der Waals surface area contributed by atoms with Gasteiger partial charge in [0.25, 0.3) is 0 Å². The van der Waals surface area contributed by atoms with Crippen LogP contribution in [0, 0.1) is 6.92 Å². The highest BCUT2D eigenvalue weighted by Gasteiger charge is 2.35. The first-order chi connectivity index (χ1) is 8.04. The Morgan fingerprint density at radius 2 is 1.94 bits per heavy atom. The molecular weight excluding hydrogens is 218 g/mol. The summed E-state index contributed by atoms with van der Waals surface area (Å²) >= 11 is 0. The van der Waals surface area contributed by atoms with Gasteiger partial charge >= 0.3 is 0 Å². The fourth-order valence-corrected chi connectivity index (χ4v) is 2.16. The van der Waals surface area contributed by atoms with Gasteiger partial charge in [0.05, 0.1) is 0 Å². The molecule has 0 aromatic heterocycles. The van der Waals surface area contributed by atoms with Crippen molar-refractivity contribution in [3.8, 4) is 0 Å². The number of rotatable bonds is 3. The summed E-state index contributed by atoms with van der Waals surface area (Å²) in [4.78, 5) is 11.3. The summed E-state index contributed by atoms with van der Waals surface area (Å²) in [6, 6.07) is 3.64. The predicted molar refractivity (Wildman–Crippen MR) is 64.4 cm³/mol. The maximum atomic E-state index is 11.3. The third-order valence-electron chi connectivity index (χ3n) is 3.13. The molecule has 0 saturated heterocycles. The van der Waals surface area contributed by atoms with E-state index in [1.165, 1.54) is 0 Å². The fourth-order valence-electron chi connectivity index (χ4n) is 2.16. The third-order valence-corrected chi connectivity index (χ3v) is 3.13. The number of methoxy groups -OCH3 is 2. The van der Waals surface area contributed by atoms with Gasteiger partial charge in [-0.1, -0.05) is 6.08 Å². The first-order valence-corrected chi connectivity index (χ1v) is 5.28. The number of aryl methyl sites for hydroxylation is 1. The summed E-state index contributed by atoms with van der Waals surface area (Å²) in [7, 11) is 3.17. The van der Waals surface area contributed by atoms with E-state index in [2.05, 4.69) is 0 Å². The number of carbonyl (C=O) groups excluding carboxylic acids is 1. The highest BCUT2D eigenvalue weighted by Crippen LogP contribution is 2.38. The maximum Gasteiger partial charge on any atom is 0.248 e. The van der Waals surface area contributed by atoms with Gasteiger partial charge in [-0.2, -0.15) is 0 Å². The molecule has 0 aliphatic heterocycles. The lowest BCUT2D eigenvalue weighted by atomic mass is 9.98. The van der Waals surface area contributed by atoms with Crippen LogP contribution in [0.4, 0.5) is 0 Å². The molecule has 17 heavy (non-hydrogen) atoms. The Bertz CT molecular complexity index is 502. The molecule has 0 bridgehead atoms. The van der Waals surface area contributed by atoms with E-state index >= 15 is 0 Å². The van der Waals surface area contributed by atoms with Crippen molar-refractivity contribution in [2.24, 2.45) is 5.73 Å². The van der Waals surface area contributed by atoms with E-state index in [0.717, 1.165) is 16.7 Å². The molecule has 1 amide bonds. The second-order valence-electron chi connectivity index (χ2n) is 4.03. The van der Waals surface area contributed by atoms with Crippen LogP contribution in [0.1, 0.15) is 27.0 Å². The van der Waals surface area contributed by atoms with Crippen molar-refractivity contribution in [3.05, 3.63) is 40.5 Å². The van der Waals surface area contributed by atoms with E-state index in [1.807, 2.05) is 25.1 Å². The third kappa shape index (κ3) is 1.66. The molecule has 1 aromatic rings. The molecule has 1 aliphatic carbocycles. The van der Waals surface area contributed by atoms with Crippen LogP contribution in [0.25, 0.3) is 6.08 Å². The fraction of sp³-hybridized carbons (Fsp3) is 0.308. The summed E-state index contributed by atoms with van der Waals surface area (Å²) in [6.45, 7) is 1.84. The minimum absolute atomic E-state index is 0.425. The molecule has 4 nitrogen and oxygen atoms in total. The summed E-state index contributed by atoms with van der Waals surface area (Å²) in [5, 5.41) is 0. The van der Waals surface area contributed by atoms with E-state index < -0.39 is 11.7 Å². The number of nitrogens with two attached hydrogens (primary N) is 1. The molecule has 0 heterocycles. The zero-order valence-electron chi connectivity index (χ0n) is 10.1. The summed E-state index contributed by atoms with van der Waals surface area (Å²) < 4.78 is 10.8. The van der Waals surface area contributed by atoms with Crippen molar-refractivity contribution < 1.29 is 14.3 Å². The topological polar surface area (TPSA) is 61.6 Å². The minimum Gasteiger partial charge on any atom is -0.366 e. The van der Waals surface area contributed by atoms with Gasteiger partial charge in [0.1, 0.15) is 0 Å². The molecule has 0 fully saturated rings. The van der Waals surface area contributed by atoms with Gasteiger partial charge in [-0.05, 0) is 36.3 Å². The Morgan fingerprint density at radius 3 is 2.47 bits per heavy atom. The SMILES string of the molecule is COC1(OC)C=Cc2cc(C(N)=O)c(C)cc21. The van der Waals surface area contributed by atoms with Gasteiger partial charge in [0, 0.05) is 25.3 Å². The van der Waals surface area contributed by atoms with E-state index in [1.54, 1.807) is 20.3 Å². The summed E-state index contributed by atoms with van der Waals surface area (Å²) in [5.41, 5.74) is 8.45. The van der Waals surface area contributed by atoms with Crippen molar-refractivity contribution in [1.82, 2.24) is 0 Å². The Kier molecular flexibility index (Phi) is 2.77. The standard InChI is InChI=1S/C13H15NO3/c1-8-6-11-9(7-10(8)12(14)15)4-5-13(11,16-2)17-3/h4-7H,1-3H3,(H2,14,15). The van der Waals surface area contributed by atoms with Crippen LogP contribution in [-0.2, 0) is 15.3 Å². The largest absolute Gasteiger partial charge is 0.366 e. The lowest BCUT2D eigenvalue weighted by molar-refractivity contribution is -0.175.